The highest BCUT2D eigenvalue weighted by atomic mass is 127. The molecule has 48 heavy (non-hydrogen) atoms. The van der Waals surface area contributed by atoms with E-state index in [1.807, 2.05) is 26.2 Å². The molecule has 0 saturated carbocycles. The molecule has 0 aromatic rings. The van der Waals surface area contributed by atoms with Crippen LogP contribution in [0.1, 0.15) is 167 Å². The summed E-state index contributed by atoms with van der Waals surface area (Å²) in [5.41, 5.74) is 0. The molecule has 0 N–H and O–H groups in total. The number of esters is 3. The van der Waals surface area contributed by atoms with Crippen LogP contribution in [0.4, 0.5) is 0 Å². The predicted octanol–water partition coefficient (Wildman–Crippen LogP) is 10.9. The minimum atomic E-state index is -0.109. The molecular formula is C40H72INO6. The van der Waals surface area contributed by atoms with Crippen molar-refractivity contribution in [1.29, 1.82) is 0 Å². The minimum Gasteiger partial charge on any atom is -0.462 e. The Hall–Kier alpha value is -1.42. The highest BCUT2D eigenvalue weighted by molar-refractivity contribution is 14.1. The fourth-order valence-corrected chi connectivity index (χ4v) is 5.95. The fourth-order valence-electron chi connectivity index (χ4n) is 5.41. The number of ether oxygens (including phenoxy) is 3. The predicted molar refractivity (Wildman–Crippen MR) is 209 cm³/mol. The average Bonchev–Trinajstić information content (AvgIpc) is 3.05. The molecule has 0 aromatic carbocycles. The fraction of sp³-hybridized carbons (Fsp3) is 0.825. The van der Waals surface area contributed by atoms with Crippen molar-refractivity contribution in [3.63, 3.8) is 0 Å². The van der Waals surface area contributed by atoms with Crippen molar-refractivity contribution in [2.75, 3.05) is 38.3 Å². The Balaban J connectivity index is 4.11. The van der Waals surface area contributed by atoms with E-state index in [4.69, 9.17) is 14.2 Å². The van der Waals surface area contributed by atoms with Gasteiger partial charge in [-0.3, -0.25) is 14.4 Å². The second-order valence-electron chi connectivity index (χ2n) is 13.3. The quantitative estimate of drug-likeness (QED) is 0.0158. The van der Waals surface area contributed by atoms with Gasteiger partial charge >= 0.3 is 17.9 Å². The second kappa shape index (κ2) is 36.9. The third kappa shape index (κ3) is 35.9. The van der Waals surface area contributed by atoms with E-state index in [-0.39, 0.29) is 24.0 Å². The zero-order chi connectivity index (χ0) is 35.3. The number of carbonyl (C=O) groups is 3. The molecule has 0 spiro atoms. The Morgan fingerprint density at radius 2 is 1.02 bits per heavy atom. The molecule has 0 radical (unpaired) electrons. The maximum absolute atomic E-state index is 12.5. The summed E-state index contributed by atoms with van der Waals surface area (Å²) in [5, 5.41) is 0. The molecule has 1 unspecified atom stereocenters. The third-order valence-corrected chi connectivity index (χ3v) is 9.10. The molecule has 0 aliphatic carbocycles. The maximum atomic E-state index is 12.5. The normalized spacial score (nSPS) is 12.3. The molecule has 7 nitrogen and oxygen atoms in total. The molecule has 0 bridgehead atoms. The van der Waals surface area contributed by atoms with Crippen LogP contribution in [0, 0.1) is 0 Å². The van der Waals surface area contributed by atoms with Crippen molar-refractivity contribution < 1.29 is 28.6 Å². The lowest BCUT2D eigenvalue weighted by Gasteiger charge is -2.18. The summed E-state index contributed by atoms with van der Waals surface area (Å²) >= 11 is 2.41. The van der Waals surface area contributed by atoms with Gasteiger partial charge in [0.25, 0.3) is 0 Å². The molecule has 0 aliphatic rings. The molecule has 1 atom stereocenters. The standard InChI is InChI=1S/C40H72INO6/c1-4-5-6-7-9-18-25-35-46-38(43)30-22-15-11-13-20-28-37(48-40(45)32-27-34-42(2)3)29-21-14-12-16-23-31-39(44)47-36-26-19-10-8-17-24-33-41/h18-19,25-26,37H,4-17,20-24,27-36H2,1-3H3/b25-18-,26-19-. The number of hydrogen-bond donors (Lipinski definition) is 0. The van der Waals surface area contributed by atoms with E-state index < -0.39 is 0 Å². The molecular weight excluding hydrogens is 717 g/mol. The first kappa shape index (κ1) is 46.6. The van der Waals surface area contributed by atoms with Gasteiger partial charge < -0.3 is 19.1 Å². The number of carbonyl (C=O) groups excluding carboxylic acids is 3. The minimum absolute atomic E-state index is 0.0270. The lowest BCUT2D eigenvalue weighted by Crippen LogP contribution is -2.20. The highest BCUT2D eigenvalue weighted by Crippen LogP contribution is 2.18. The van der Waals surface area contributed by atoms with E-state index in [9.17, 15) is 14.4 Å². The van der Waals surface area contributed by atoms with Crippen molar-refractivity contribution in [2.45, 2.75) is 174 Å². The van der Waals surface area contributed by atoms with Gasteiger partial charge in [0, 0.05) is 19.3 Å². The Bertz CT molecular complexity index is 764. The molecule has 0 rings (SSSR count). The molecule has 0 aliphatic heterocycles. The number of halogens is 1. The first-order valence-corrected chi connectivity index (χ1v) is 20.9. The number of nitrogens with zero attached hydrogens (tertiary/aromatic N) is 1. The molecule has 0 fully saturated rings. The zero-order valence-corrected chi connectivity index (χ0v) is 33.3. The Morgan fingerprint density at radius 3 is 1.52 bits per heavy atom. The van der Waals surface area contributed by atoms with Crippen molar-refractivity contribution in [2.24, 2.45) is 0 Å². The lowest BCUT2D eigenvalue weighted by molar-refractivity contribution is -0.150. The SMILES string of the molecule is CCCCCC/C=C\COC(=O)CCCCCCCC(CCCCCCCC(=O)OC/C=C\CCCCCI)OC(=O)CCCN(C)C. The van der Waals surface area contributed by atoms with Crippen molar-refractivity contribution in [3.05, 3.63) is 24.3 Å². The van der Waals surface area contributed by atoms with Crippen LogP contribution in [0.2, 0.25) is 0 Å². The monoisotopic (exact) mass is 789 g/mol. The average molecular weight is 790 g/mol. The molecule has 0 heterocycles. The van der Waals surface area contributed by atoms with Crippen LogP contribution in [0.25, 0.3) is 0 Å². The summed E-state index contributed by atoms with van der Waals surface area (Å²) in [7, 11) is 4.03. The van der Waals surface area contributed by atoms with E-state index in [1.165, 1.54) is 49.4 Å². The van der Waals surface area contributed by atoms with Gasteiger partial charge in [0.2, 0.25) is 0 Å². The molecule has 0 amide bonds. The van der Waals surface area contributed by atoms with Crippen LogP contribution in [0.15, 0.2) is 24.3 Å². The summed E-state index contributed by atoms with van der Waals surface area (Å²) in [5.74, 6) is -0.305. The summed E-state index contributed by atoms with van der Waals surface area (Å²) in [4.78, 5) is 38.6. The number of allylic oxidation sites excluding steroid dienone is 2. The van der Waals surface area contributed by atoms with Crippen LogP contribution < -0.4 is 0 Å². The highest BCUT2D eigenvalue weighted by Gasteiger charge is 2.14. The van der Waals surface area contributed by atoms with Gasteiger partial charge in [0.05, 0.1) is 0 Å². The van der Waals surface area contributed by atoms with Gasteiger partial charge in [-0.2, -0.15) is 0 Å². The smallest absolute Gasteiger partial charge is 0.306 e. The van der Waals surface area contributed by atoms with Crippen LogP contribution in [0.5, 0.6) is 0 Å². The third-order valence-electron chi connectivity index (χ3n) is 8.34. The van der Waals surface area contributed by atoms with Gasteiger partial charge in [-0.15, -0.1) is 0 Å². The van der Waals surface area contributed by atoms with Crippen molar-refractivity contribution >= 4 is 40.5 Å². The molecule has 0 saturated heterocycles. The van der Waals surface area contributed by atoms with Gasteiger partial charge in [-0.05, 0) is 102 Å². The number of alkyl halides is 1. The second-order valence-corrected chi connectivity index (χ2v) is 14.4. The van der Waals surface area contributed by atoms with Crippen molar-refractivity contribution in [3.8, 4) is 0 Å². The summed E-state index contributed by atoms with van der Waals surface area (Å²) in [6, 6.07) is 0. The summed E-state index contributed by atoms with van der Waals surface area (Å²) < 4.78 is 17.8. The van der Waals surface area contributed by atoms with Gasteiger partial charge in [-0.1, -0.05) is 118 Å². The van der Waals surface area contributed by atoms with E-state index in [1.54, 1.807) is 0 Å². The van der Waals surface area contributed by atoms with E-state index in [2.05, 4.69) is 46.6 Å². The van der Waals surface area contributed by atoms with Gasteiger partial charge in [0.15, 0.2) is 0 Å². The number of unbranched alkanes of at least 4 members (excludes halogenated alkanes) is 15. The molecule has 8 heteroatoms. The van der Waals surface area contributed by atoms with Crippen molar-refractivity contribution in [1.82, 2.24) is 4.90 Å². The Kier molecular flexibility index (Phi) is 35.8. The van der Waals surface area contributed by atoms with E-state index in [0.29, 0.717) is 32.5 Å². The van der Waals surface area contributed by atoms with Crippen LogP contribution in [-0.4, -0.2) is 67.2 Å². The zero-order valence-electron chi connectivity index (χ0n) is 31.2. The van der Waals surface area contributed by atoms with E-state index >= 15 is 0 Å². The van der Waals surface area contributed by atoms with E-state index in [0.717, 1.165) is 103 Å². The summed E-state index contributed by atoms with van der Waals surface area (Å²) in [6.45, 7) is 3.86. The number of hydrogen-bond acceptors (Lipinski definition) is 7. The Labute approximate surface area is 308 Å². The molecule has 0 aromatic heterocycles. The van der Waals surface area contributed by atoms with Crippen LogP contribution in [-0.2, 0) is 28.6 Å². The van der Waals surface area contributed by atoms with Crippen LogP contribution in [0.3, 0.4) is 0 Å². The lowest BCUT2D eigenvalue weighted by atomic mass is 10.0. The summed E-state index contributed by atoms with van der Waals surface area (Å²) in [6.07, 6.45) is 33.1. The largest absolute Gasteiger partial charge is 0.462 e. The number of rotatable bonds is 35. The molecule has 280 valence electrons. The van der Waals surface area contributed by atoms with Gasteiger partial charge in [-0.25, -0.2) is 0 Å². The first-order valence-electron chi connectivity index (χ1n) is 19.4. The first-order chi connectivity index (χ1) is 23.4. The maximum Gasteiger partial charge on any atom is 0.306 e. The van der Waals surface area contributed by atoms with Gasteiger partial charge in [0.1, 0.15) is 19.3 Å². The Morgan fingerprint density at radius 1 is 0.562 bits per heavy atom. The van der Waals surface area contributed by atoms with Crippen LogP contribution >= 0.6 is 22.6 Å². The topological polar surface area (TPSA) is 82.1 Å².